The van der Waals surface area contributed by atoms with Crippen LogP contribution in [0.5, 0.6) is 5.75 Å². The Balaban J connectivity index is 2.57. The van der Waals surface area contributed by atoms with Crippen molar-refractivity contribution < 1.29 is 9.47 Å². The van der Waals surface area contributed by atoms with Crippen molar-refractivity contribution in [3.8, 4) is 5.75 Å². The SMILES string of the molecule is Cc1ccc(OCCOC(C)C)c(CC(C)N)n1. The fourth-order valence-corrected chi connectivity index (χ4v) is 1.62. The van der Waals surface area contributed by atoms with Crippen molar-refractivity contribution in [2.75, 3.05) is 13.2 Å². The van der Waals surface area contributed by atoms with Crippen LogP contribution >= 0.6 is 0 Å². The molecule has 0 aliphatic heterocycles. The molecule has 0 saturated carbocycles. The molecule has 4 heteroatoms. The van der Waals surface area contributed by atoms with Gasteiger partial charge in [-0.2, -0.15) is 0 Å². The molecule has 1 unspecified atom stereocenters. The first kappa shape index (κ1) is 14.9. The highest BCUT2D eigenvalue weighted by molar-refractivity contribution is 5.29. The smallest absolute Gasteiger partial charge is 0.140 e. The molecule has 0 bridgehead atoms. The highest BCUT2D eigenvalue weighted by Gasteiger charge is 2.08. The van der Waals surface area contributed by atoms with E-state index in [1.54, 1.807) is 0 Å². The molecular formula is C14H24N2O2. The average molecular weight is 252 g/mol. The second-order valence-corrected chi connectivity index (χ2v) is 4.85. The Morgan fingerprint density at radius 3 is 2.56 bits per heavy atom. The van der Waals surface area contributed by atoms with Crippen molar-refractivity contribution >= 4 is 0 Å². The van der Waals surface area contributed by atoms with E-state index in [1.165, 1.54) is 0 Å². The van der Waals surface area contributed by atoms with Crippen LogP contribution in [0.25, 0.3) is 0 Å². The lowest BCUT2D eigenvalue weighted by Crippen LogP contribution is -2.20. The zero-order valence-corrected chi connectivity index (χ0v) is 11.8. The summed E-state index contributed by atoms with van der Waals surface area (Å²) in [4.78, 5) is 4.48. The number of hydrogen-bond donors (Lipinski definition) is 1. The molecule has 0 saturated heterocycles. The molecule has 0 radical (unpaired) electrons. The van der Waals surface area contributed by atoms with Crippen LogP contribution in [0.3, 0.4) is 0 Å². The lowest BCUT2D eigenvalue weighted by Gasteiger charge is -2.14. The maximum Gasteiger partial charge on any atom is 0.140 e. The number of ether oxygens (including phenoxy) is 2. The van der Waals surface area contributed by atoms with Crippen LogP contribution in [-0.4, -0.2) is 30.3 Å². The molecule has 102 valence electrons. The molecule has 1 rings (SSSR count). The zero-order valence-electron chi connectivity index (χ0n) is 11.8. The normalized spacial score (nSPS) is 12.8. The molecule has 0 aliphatic rings. The van der Waals surface area contributed by atoms with E-state index in [4.69, 9.17) is 15.2 Å². The van der Waals surface area contributed by atoms with Gasteiger partial charge in [0.05, 0.1) is 18.4 Å². The van der Waals surface area contributed by atoms with Gasteiger partial charge in [0.1, 0.15) is 12.4 Å². The van der Waals surface area contributed by atoms with Gasteiger partial charge < -0.3 is 15.2 Å². The Bertz CT molecular complexity index is 365. The van der Waals surface area contributed by atoms with E-state index in [1.807, 2.05) is 39.8 Å². The number of pyridine rings is 1. The Morgan fingerprint density at radius 1 is 1.22 bits per heavy atom. The third kappa shape index (κ3) is 5.47. The highest BCUT2D eigenvalue weighted by Crippen LogP contribution is 2.18. The second kappa shape index (κ2) is 7.34. The lowest BCUT2D eigenvalue weighted by atomic mass is 10.1. The molecule has 0 amide bonds. The van der Waals surface area contributed by atoms with Gasteiger partial charge in [-0.3, -0.25) is 4.98 Å². The number of rotatable bonds is 7. The van der Waals surface area contributed by atoms with Crippen molar-refractivity contribution in [1.82, 2.24) is 4.98 Å². The number of aromatic nitrogens is 1. The van der Waals surface area contributed by atoms with Crippen LogP contribution in [0.2, 0.25) is 0 Å². The number of nitrogens with two attached hydrogens (primary N) is 1. The first-order chi connectivity index (χ1) is 8.49. The van der Waals surface area contributed by atoms with Crippen molar-refractivity contribution in [3.05, 3.63) is 23.5 Å². The van der Waals surface area contributed by atoms with E-state index < -0.39 is 0 Å². The van der Waals surface area contributed by atoms with Gasteiger partial charge in [-0.1, -0.05) is 0 Å². The topological polar surface area (TPSA) is 57.4 Å². The third-order valence-corrected chi connectivity index (χ3v) is 2.38. The van der Waals surface area contributed by atoms with E-state index in [-0.39, 0.29) is 12.1 Å². The van der Waals surface area contributed by atoms with Gasteiger partial charge in [-0.05, 0) is 39.8 Å². The lowest BCUT2D eigenvalue weighted by molar-refractivity contribution is 0.0549. The summed E-state index contributed by atoms with van der Waals surface area (Å²) < 4.78 is 11.1. The fraction of sp³-hybridized carbons (Fsp3) is 0.643. The summed E-state index contributed by atoms with van der Waals surface area (Å²) in [5.74, 6) is 0.810. The summed E-state index contributed by atoms with van der Waals surface area (Å²) in [7, 11) is 0. The maximum atomic E-state index is 5.82. The van der Waals surface area contributed by atoms with Crippen LogP contribution in [0.4, 0.5) is 0 Å². The van der Waals surface area contributed by atoms with E-state index in [9.17, 15) is 0 Å². The molecule has 0 aliphatic carbocycles. The van der Waals surface area contributed by atoms with E-state index >= 15 is 0 Å². The summed E-state index contributed by atoms with van der Waals surface area (Å²) in [5.41, 5.74) is 7.73. The Kier molecular flexibility index (Phi) is 6.09. The van der Waals surface area contributed by atoms with Gasteiger partial charge in [0.25, 0.3) is 0 Å². The fourth-order valence-electron chi connectivity index (χ4n) is 1.62. The van der Waals surface area contributed by atoms with Gasteiger partial charge in [0, 0.05) is 18.2 Å². The molecule has 1 atom stereocenters. The zero-order chi connectivity index (χ0) is 13.5. The van der Waals surface area contributed by atoms with Crippen molar-refractivity contribution in [3.63, 3.8) is 0 Å². The monoisotopic (exact) mass is 252 g/mol. The summed E-state index contributed by atoms with van der Waals surface area (Å²) in [5, 5.41) is 0. The summed E-state index contributed by atoms with van der Waals surface area (Å²) >= 11 is 0. The van der Waals surface area contributed by atoms with Gasteiger partial charge in [-0.15, -0.1) is 0 Å². The summed E-state index contributed by atoms with van der Waals surface area (Å²) in [6.45, 7) is 9.08. The van der Waals surface area contributed by atoms with Gasteiger partial charge in [-0.25, -0.2) is 0 Å². The number of hydrogen-bond acceptors (Lipinski definition) is 4. The molecule has 0 spiro atoms. The summed E-state index contributed by atoms with van der Waals surface area (Å²) in [6, 6.07) is 3.98. The van der Waals surface area contributed by atoms with Crippen LogP contribution in [0.15, 0.2) is 12.1 Å². The second-order valence-electron chi connectivity index (χ2n) is 4.85. The predicted octanol–water partition coefficient (Wildman–Crippen LogP) is 2.08. The van der Waals surface area contributed by atoms with Crippen LogP contribution in [0.1, 0.15) is 32.2 Å². The van der Waals surface area contributed by atoms with E-state index in [2.05, 4.69) is 4.98 Å². The van der Waals surface area contributed by atoms with Crippen LogP contribution in [0, 0.1) is 6.92 Å². The first-order valence-corrected chi connectivity index (χ1v) is 6.45. The molecule has 1 aromatic rings. The Labute approximate surface area is 110 Å². The molecule has 18 heavy (non-hydrogen) atoms. The molecule has 1 aromatic heterocycles. The minimum absolute atomic E-state index is 0.0774. The van der Waals surface area contributed by atoms with Crippen LogP contribution in [-0.2, 0) is 11.2 Å². The Morgan fingerprint density at radius 2 is 1.94 bits per heavy atom. The van der Waals surface area contributed by atoms with Gasteiger partial charge in [0.2, 0.25) is 0 Å². The van der Waals surface area contributed by atoms with Crippen molar-refractivity contribution in [1.29, 1.82) is 0 Å². The molecule has 0 fully saturated rings. The minimum Gasteiger partial charge on any atom is -0.489 e. The molecule has 0 aromatic carbocycles. The molecule has 2 N–H and O–H groups in total. The summed E-state index contributed by atoms with van der Waals surface area (Å²) in [6.07, 6.45) is 0.954. The standard InChI is InChI=1S/C14H24N2O2/c1-10(2)17-7-8-18-14-6-5-12(4)16-13(14)9-11(3)15/h5-6,10-11H,7-9,15H2,1-4H3. The molecular weight excluding hydrogens is 228 g/mol. The minimum atomic E-state index is 0.0774. The number of aryl methyl sites for hydroxylation is 1. The molecule has 1 heterocycles. The van der Waals surface area contributed by atoms with E-state index in [0.29, 0.717) is 13.2 Å². The van der Waals surface area contributed by atoms with Gasteiger partial charge in [0.15, 0.2) is 0 Å². The predicted molar refractivity (Wildman–Crippen MR) is 72.9 cm³/mol. The van der Waals surface area contributed by atoms with Crippen molar-refractivity contribution in [2.24, 2.45) is 5.73 Å². The van der Waals surface area contributed by atoms with E-state index in [0.717, 1.165) is 23.6 Å². The molecule has 4 nitrogen and oxygen atoms in total. The largest absolute Gasteiger partial charge is 0.489 e. The number of nitrogens with zero attached hydrogens (tertiary/aromatic N) is 1. The van der Waals surface area contributed by atoms with Gasteiger partial charge >= 0.3 is 0 Å². The van der Waals surface area contributed by atoms with Crippen molar-refractivity contribution in [2.45, 2.75) is 46.3 Å². The Hall–Kier alpha value is -1.13. The maximum absolute atomic E-state index is 5.82. The first-order valence-electron chi connectivity index (χ1n) is 6.45. The average Bonchev–Trinajstić information content (AvgIpc) is 2.25. The quantitative estimate of drug-likeness (QED) is 0.755. The highest BCUT2D eigenvalue weighted by atomic mass is 16.5. The third-order valence-electron chi connectivity index (χ3n) is 2.38. The van der Waals surface area contributed by atoms with Crippen LogP contribution < -0.4 is 10.5 Å².